The van der Waals surface area contributed by atoms with Gasteiger partial charge in [-0.25, -0.2) is 4.79 Å². The molecule has 0 bridgehead atoms. The number of hydrogen-bond acceptors (Lipinski definition) is 4. The third-order valence-corrected chi connectivity index (χ3v) is 2.46. The maximum absolute atomic E-state index is 11.8. The maximum Gasteiger partial charge on any atom is 0.325 e. The van der Waals surface area contributed by atoms with Crippen molar-refractivity contribution in [1.29, 1.82) is 0 Å². The van der Waals surface area contributed by atoms with Gasteiger partial charge in [0, 0.05) is 6.20 Å². The van der Waals surface area contributed by atoms with Gasteiger partial charge in [0.15, 0.2) is 5.78 Å². The summed E-state index contributed by atoms with van der Waals surface area (Å²) in [4.78, 5) is 38.2. The second-order valence-electron chi connectivity index (χ2n) is 3.50. The molecule has 2 heterocycles. The number of aromatic nitrogens is 2. The maximum atomic E-state index is 11.8. The van der Waals surface area contributed by atoms with Crippen molar-refractivity contribution in [1.82, 2.24) is 15.3 Å². The number of rotatable bonds is 2. The average molecular weight is 209 g/mol. The molecule has 0 aliphatic carbocycles. The minimum Gasteiger partial charge on any atom is -0.313 e. The minimum atomic E-state index is -0.627. The van der Waals surface area contributed by atoms with Crippen molar-refractivity contribution in [3.63, 3.8) is 0 Å². The molecule has 0 spiro atoms. The van der Waals surface area contributed by atoms with Crippen molar-refractivity contribution < 1.29 is 4.79 Å². The van der Waals surface area contributed by atoms with E-state index in [0.29, 0.717) is 0 Å². The Morgan fingerprint density at radius 2 is 2.20 bits per heavy atom. The number of ketones is 1. The van der Waals surface area contributed by atoms with Gasteiger partial charge in [-0.3, -0.25) is 14.6 Å². The van der Waals surface area contributed by atoms with Crippen molar-refractivity contribution in [2.45, 2.75) is 18.9 Å². The van der Waals surface area contributed by atoms with Crippen LogP contribution in [0.2, 0.25) is 0 Å². The fourth-order valence-electron chi connectivity index (χ4n) is 1.69. The van der Waals surface area contributed by atoms with E-state index in [-0.39, 0.29) is 17.4 Å². The third kappa shape index (κ3) is 1.89. The lowest BCUT2D eigenvalue weighted by Gasteiger charge is -2.06. The Kier molecular flexibility index (Phi) is 2.51. The number of aromatic amines is 2. The predicted molar refractivity (Wildman–Crippen MR) is 53.0 cm³/mol. The smallest absolute Gasteiger partial charge is 0.313 e. The van der Waals surface area contributed by atoms with E-state index in [1.54, 1.807) is 0 Å². The number of nitrogens with one attached hydrogen (secondary N) is 3. The van der Waals surface area contributed by atoms with Crippen molar-refractivity contribution >= 4 is 5.78 Å². The molecule has 1 aliphatic heterocycles. The Balaban J connectivity index is 2.33. The molecule has 1 saturated heterocycles. The van der Waals surface area contributed by atoms with Crippen LogP contribution >= 0.6 is 0 Å². The molecule has 0 amide bonds. The molecule has 1 fully saturated rings. The Morgan fingerprint density at radius 1 is 1.40 bits per heavy atom. The van der Waals surface area contributed by atoms with Gasteiger partial charge in [-0.2, -0.15) is 0 Å². The highest BCUT2D eigenvalue weighted by atomic mass is 16.2. The van der Waals surface area contributed by atoms with Gasteiger partial charge in [-0.05, 0) is 19.4 Å². The number of Topliss-reactive ketones (excluding diaryl/α,β-unsaturated/α-hetero) is 1. The monoisotopic (exact) mass is 209 g/mol. The molecule has 6 heteroatoms. The minimum absolute atomic E-state index is 0.00833. The van der Waals surface area contributed by atoms with Gasteiger partial charge < -0.3 is 10.3 Å². The lowest BCUT2D eigenvalue weighted by atomic mass is 10.1. The molecule has 15 heavy (non-hydrogen) atoms. The third-order valence-electron chi connectivity index (χ3n) is 2.46. The summed E-state index contributed by atoms with van der Waals surface area (Å²) < 4.78 is 0. The van der Waals surface area contributed by atoms with Crippen molar-refractivity contribution in [3.05, 3.63) is 32.6 Å². The summed E-state index contributed by atoms with van der Waals surface area (Å²) in [7, 11) is 0. The Morgan fingerprint density at radius 3 is 2.80 bits per heavy atom. The van der Waals surface area contributed by atoms with Crippen LogP contribution in [0.15, 0.2) is 15.8 Å². The van der Waals surface area contributed by atoms with E-state index in [1.807, 2.05) is 4.98 Å². The molecule has 80 valence electrons. The summed E-state index contributed by atoms with van der Waals surface area (Å²) in [6.45, 7) is 0.789. The number of carbonyl (C=O) groups is 1. The zero-order chi connectivity index (χ0) is 10.8. The summed E-state index contributed by atoms with van der Waals surface area (Å²) in [5, 5.41) is 3.00. The van der Waals surface area contributed by atoms with Gasteiger partial charge in [0.25, 0.3) is 5.56 Å². The van der Waals surface area contributed by atoms with E-state index < -0.39 is 11.2 Å². The van der Waals surface area contributed by atoms with E-state index in [4.69, 9.17) is 0 Å². The van der Waals surface area contributed by atoms with Gasteiger partial charge in [0.1, 0.15) is 5.56 Å². The van der Waals surface area contributed by atoms with E-state index in [1.165, 1.54) is 6.20 Å². The average Bonchev–Trinajstić information content (AvgIpc) is 2.69. The first-order valence-corrected chi connectivity index (χ1v) is 4.78. The molecule has 6 nitrogen and oxygen atoms in total. The fourth-order valence-corrected chi connectivity index (χ4v) is 1.69. The zero-order valence-corrected chi connectivity index (χ0v) is 8.00. The molecule has 0 saturated carbocycles. The largest absolute Gasteiger partial charge is 0.325 e. The highest BCUT2D eigenvalue weighted by Gasteiger charge is 2.25. The molecule has 0 radical (unpaired) electrons. The van der Waals surface area contributed by atoms with E-state index in [0.717, 1.165) is 19.4 Å². The van der Waals surface area contributed by atoms with E-state index in [2.05, 4.69) is 10.3 Å². The van der Waals surface area contributed by atoms with Crippen LogP contribution in [-0.2, 0) is 0 Å². The van der Waals surface area contributed by atoms with Gasteiger partial charge in [-0.1, -0.05) is 0 Å². The molecular formula is C9H11N3O3. The highest BCUT2D eigenvalue weighted by Crippen LogP contribution is 2.08. The molecule has 1 aliphatic rings. The molecule has 1 aromatic heterocycles. The first kappa shape index (κ1) is 9.85. The van der Waals surface area contributed by atoms with Crippen LogP contribution in [0.4, 0.5) is 0 Å². The van der Waals surface area contributed by atoms with E-state index >= 15 is 0 Å². The summed E-state index contributed by atoms with van der Waals surface area (Å²) >= 11 is 0. The topological polar surface area (TPSA) is 94.8 Å². The normalized spacial score (nSPS) is 20.4. The molecule has 0 unspecified atom stereocenters. The summed E-state index contributed by atoms with van der Waals surface area (Å²) in [5.41, 5.74) is -1.22. The Hall–Kier alpha value is -1.69. The van der Waals surface area contributed by atoms with Crippen LogP contribution in [0.1, 0.15) is 23.2 Å². The zero-order valence-electron chi connectivity index (χ0n) is 8.00. The molecule has 1 atom stereocenters. The summed E-state index contributed by atoms with van der Waals surface area (Å²) in [6.07, 6.45) is 2.83. The van der Waals surface area contributed by atoms with Crippen LogP contribution in [0, 0.1) is 0 Å². The molecule has 2 rings (SSSR count). The van der Waals surface area contributed by atoms with Gasteiger partial charge in [0.05, 0.1) is 6.04 Å². The van der Waals surface area contributed by atoms with Crippen molar-refractivity contribution in [3.8, 4) is 0 Å². The van der Waals surface area contributed by atoms with Gasteiger partial charge in [0.2, 0.25) is 0 Å². The number of hydrogen-bond donors (Lipinski definition) is 3. The Labute approximate surface area is 84.7 Å². The van der Waals surface area contributed by atoms with Crippen LogP contribution in [-0.4, -0.2) is 28.3 Å². The first-order valence-electron chi connectivity index (χ1n) is 4.78. The lowest BCUT2D eigenvalue weighted by Crippen LogP contribution is -2.36. The first-order chi connectivity index (χ1) is 7.18. The molecule has 0 aromatic carbocycles. The predicted octanol–water partition coefficient (Wildman–Crippen LogP) is -1.00. The van der Waals surface area contributed by atoms with Crippen LogP contribution < -0.4 is 16.6 Å². The van der Waals surface area contributed by atoms with Crippen molar-refractivity contribution in [2.75, 3.05) is 6.54 Å². The summed E-state index contributed by atoms with van der Waals surface area (Å²) in [5.74, 6) is -0.259. The highest BCUT2D eigenvalue weighted by molar-refractivity contribution is 5.99. The fraction of sp³-hybridized carbons (Fsp3) is 0.444. The lowest BCUT2D eigenvalue weighted by molar-refractivity contribution is 0.0950. The quantitative estimate of drug-likeness (QED) is 0.544. The van der Waals surface area contributed by atoms with Gasteiger partial charge >= 0.3 is 5.69 Å². The standard InChI is InChI=1S/C9H11N3O3/c13-7(6-2-1-3-10-6)5-4-11-9(15)12-8(5)14/h4,6,10H,1-3H2,(H2,11,12,14,15)/t6-/m0/s1. The summed E-state index contributed by atoms with van der Waals surface area (Å²) in [6, 6.07) is -0.294. The second kappa shape index (κ2) is 3.82. The number of H-pyrrole nitrogens is 2. The van der Waals surface area contributed by atoms with Crippen LogP contribution in [0.5, 0.6) is 0 Å². The van der Waals surface area contributed by atoms with Gasteiger partial charge in [-0.15, -0.1) is 0 Å². The van der Waals surface area contributed by atoms with Crippen LogP contribution in [0.25, 0.3) is 0 Å². The van der Waals surface area contributed by atoms with E-state index in [9.17, 15) is 14.4 Å². The van der Waals surface area contributed by atoms with Crippen molar-refractivity contribution in [2.24, 2.45) is 0 Å². The molecule has 1 aromatic rings. The Bertz CT molecular complexity index is 482. The second-order valence-corrected chi connectivity index (χ2v) is 3.50. The SMILES string of the molecule is O=C(c1c[nH]c(=O)[nH]c1=O)[C@@H]1CCCN1. The molecular weight excluding hydrogens is 198 g/mol. The molecule has 3 N–H and O–H groups in total. The number of carbonyl (C=O) groups excluding carboxylic acids is 1. The van der Waals surface area contributed by atoms with Crippen LogP contribution in [0.3, 0.4) is 0 Å².